The average molecular weight is 396 g/mol. The van der Waals surface area contributed by atoms with Crippen molar-refractivity contribution in [1.29, 1.82) is 0 Å². The van der Waals surface area contributed by atoms with E-state index in [2.05, 4.69) is 5.32 Å². The third-order valence-corrected chi connectivity index (χ3v) is 7.37. The maximum absolute atomic E-state index is 12.8. The highest BCUT2D eigenvalue weighted by Gasteiger charge is 2.23. The van der Waals surface area contributed by atoms with Crippen molar-refractivity contribution in [2.24, 2.45) is 5.92 Å². The number of carbonyl (C=O) groups excluding carboxylic acids is 1. The smallest absolute Gasteiger partial charge is 0.243 e. The molecule has 1 amide bonds. The first-order chi connectivity index (χ1) is 12.8. The molecule has 1 N–H and O–H groups in total. The number of hydrogen-bond donors (Lipinski definition) is 1. The fraction of sp³-hybridized carbons (Fsp3) is 0.650. The van der Waals surface area contributed by atoms with E-state index in [1.54, 1.807) is 18.2 Å². The lowest BCUT2D eigenvalue weighted by Crippen LogP contribution is -2.30. The van der Waals surface area contributed by atoms with Crippen LogP contribution in [0.5, 0.6) is 0 Å². The van der Waals surface area contributed by atoms with Gasteiger partial charge in [-0.05, 0) is 30.5 Å². The summed E-state index contributed by atoms with van der Waals surface area (Å²) in [6.45, 7) is 4.47. The second-order valence-corrected chi connectivity index (χ2v) is 9.34. The van der Waals surface area contributed by atoms with Gasteiger partial charge in [0, 0.05) is 33.6 Å². The van der Waals surface area contributed by atoms with Gasteiger partial charge in [0.25, 0.3) is 0 Å². The Balaban J connectivity index is 2.20. The van der Waals surface area contributed by atoms with Gasteiger partial charge in [-0.3, -0.25) is 4.79 Å². The van der Waals surface area contributed by atoms with E-state index in [-0.39, 0.29) is 10.8 Å². The summed E-state index contributed by atoms with van der Waals surface area (Å²) >= 11 is 0. The summed E-state index contributed by atoms with van der Waals surface area (Å²) in [6.07, 6.45) is 6.34. The minimum Gasteiger partial charge on any atom is -0.376 e. The molecule has 7 heteroatoms. The topological polar surface area (TPSA) is 69.7 Å². The maximum Gasteiger partial charge on any atom is 0.243 e. The van der Waals surface area contributed by atoms with Gasteiger partial charge in [-0.15, -0.1) is 0 Å². The van der Waals surface area contributed by atoms with E-state index in [1.165, 1.54) is 30.0 Å². The summed E-state index contributed by atoms with van der Waals surface area (Å²) in [6, 6.07) is 4.94. The molecule has 0 spiro atoms. The van der Waals surface area contributed by atoms with Crippen LogP contribution in [-0.2, 0) is 14.8 Å². The Morgan fingerprint density at radius 2 is 1.78 bits per heavy atom. The highest BCUT2D eigenvalue weighted by Crippen LogP contribution is 2.31. The molecular weight excluding hydrogens is 362 g/mol. The fourth-order valence-corrected chi connectivity index (χ4v) is 5.21. The number of amides is 1. The summed E-state index contributed by atoms with van der Waals surface area (Å²) in [5.41, 5.74) is 1.34. The molecule has 6 nitrogen and oxygen atoms in total. The van der Waals surface area contributed by atoms with Gasteiger partial charge in [-0.25, -0.2) is 8.42 Å². The summed E-state index contributed by atoms with van der Waals surface area (Å²) in [4.78, 5) is 14.5. The molecular formula is C20H33N3O3S. The molecule has 1 saturated carbocycles. The molecule has 1 aliphatic rings. The molecule has 152 valence electrons. The van der Waals surface area contributed by atoms with E-state index < -0.39 is 10.0 Å². The molecule has 0 atom stereocenters. The minimum absolute atomic E-state index is 0.0533. The predicted octanol–water partition coefficient (Wildman–Crippen LogP) is 3.69. The third-order valence-electron chi connectivity index (χ3n) is 5.32. The van der Waals surface area contributed by atoms with Crippen molar-refractivity contribution in [1.82, 2.24) is 4.31 Å². The first kappa shape index (κ1) is 21.7. The zero-order valence-corrected chi connectivity index (χ0v) is 17.8. The summed E-state index contributed by atoms with van der Waals surface area (Å²) < 4.78 is 27.0. The molecule has 0 bridgehead atoms. The van der Waals surface area contributed by atoms with Crippen LogP contribution in [0, 0.1) is 5.92 Å². The third kappa shape index (κ3) is 5.45. The average Bonchev–Trinajstić information content (AvgIpc) is 3.14. The van der Waals surface area contributed by atoms with Gasteiger partial charge >= 0.3 is 0 Å². The van der Waals surface area contributed by atoms with Crippen molar-refractivity contribution in [2.75, 3.05) is 37.4 Å². The van der Waals surface area contributed by atoms with Crippen LogP contribution in [0.4, 0.5) is 11.4 Å². The summed E-state index contributed by atoms with van der Waals surface area (Å²) in [7, 11) is 0.190. The van der Waals surface area contributed by atoms with Crippen LogP contribution in [-0.4, -0.2) is 45.8 Å². The number of sulfonamides is 1. The zero-order chi connectivity index (χ0) is 20.0. The molecule has 1 aromatic carbocycles. The first-order valence-electron chi connectivity index (χ1n) is 9.91. The van der Waals surface area contributed by atoms with E-state index >= 15 is 0 Å². The number of carbonyl (C=O) groups is 1. The van der Waals surface area contributed by atoms with E-state index in [9.17, 15) is 13.2 Å². The second kappa shape index (κ2) is 9.55. The Labute approximate surface area is 164 Å². The minimum atomic E-state index is -3.56. The van der Waals surface area contributed by atoms with Gasteiger partial charge in [0.2, 0.25) is 15.9 Å². The van der Waals surface area contributed by atoms with Crippen LogP contribution in [0.2, 0.25) is 0 Å². The van der Waals surface area contributed by atoms with E-state index in [0.29, 0.717) is 31.1 Å². The fourth-order valence-electron chi connectivity index (χ4n) is 3.73. The number of nitrogens with zero attached hydrogens (tertiary/aromatic N) is 2. The van der Waals surface area contributed by atoms with E-state index in [4.69, 9.17) is 0 Å². The van der Waals surface area contributed by atoms with Crippen molar-refractivity contribution in [3.63, 3.8) is 0 Å². The Kier molecular flexibility index (Phi) is 7.68. The highest BCUT2D eigenvalue weighted by atomic mass is 32.2. The molecule has 0 aromatic heterocycles. The van der Waals surface area contributed by atoms with Crippen molar-refractivity contribution in [3.05, 3.63) is 18.2 Å². The Bertz CT molecular complexity index is 737. The van der Waals surface area contributed by atoms with Crippen LogP contribution >= 0.6 is 0 Å². The van der Waals surface area contributed by atoms with Gasteiger partial charge < -0.3 is 10.2 Å². The van der Waals surface area contributed by atoms with Gasteiger partial charge in [-0.2, -0.15) is 4.31 Å². The largest absolute Gasteiger partial charge is 0.376 e. The summed E-state index contributed by atoms with van der Waals surface area (Å²) in [5, 5.41) is 2.94. The molecule has 1 aliphatic carbocycles. The molecule has 2 rings (SSSR count). The van der Waals surface area contributed by atoms with E-state index in [1.807, 2.05) is 32.8 Å². The lowest BCUT2D eigenvalue weighted by Gasteiger charge is -2.22. The Hall–Kier alpha value is -1.60. The van der Waals surface area contributed by atoms with Crippen molar-refractivity contribution >= 4 is 27.3 Å². The zero-order valence-electron chi connectivity index (χ0n) is 17.0. The molecule has 0 radical (unpaired) electrons. The van der Waals surface area contributed by atoms with Crippen molar-refractivity contribution in [2.45, 2.75) is 57.3 Å². The lowest BCUT2D eigenvalue weighted by atomic mass is 10.0. The standard InChI is InChI=1S/C20H33N3O3S/c1-5-23(6-2)27(25,26)17-12-13-19(22(3)4)18(15-17)21-20(24)14-11-16-9-7-8-10-16/h12-13,15-16H,5-11,14H2,1-4H3,(H,21,24). The molecule has 27 heavy (non-hydrogen) atoms. The summed E-state index contributed by atoms with van der Waals surface area (Å²) in [5.74, 6) is 0.598. The predicted molar refractivity (Wildman–Crippen MR) is 111 cm³/mol. The van der Waals surface area contributed by atoms with Crippen molar-refractivity contribution < 1.29 is 13.2 Å². The van der Waals surface area contributed by atoms with Crippen LogP contribution in [0.15, 0.2) is 23.1 Å². The van der Waals surface area contributed by atoms with Crippen LogP contribution in [0.25, 0.3) is 0 Å². The van der Waals surface area contributed by atoms with Crippen LogP contribution < -0.4 is 10.2 Å². The molecule has 1 fully saturated rings. The Morgan fingerprint density at radius 1 is 1.15 bits per heavy atom. The number of hydrogen-bond acceptors (Lipinski definition) is 4. The van der Waals surface area contributed by atoms with Gasteiger partial charge in [0.05, 0.1) is 16.3 Å². The molecule has 0 aliphatic heterocycles. The highest BCUT2D eigenvalue weighted by molar-refractivity contribution is 7.89. The second-order valence-electron chi connectivity index (χ2n) is 7.40. The van der Waals surface area contributed by atoms with Gasteiger partial charge in [0.1, 0.15) is 0 Å². The van der Waals surface area contributed by atoms with Crippen molar-refractivity contribution in [3.8, 4) is 0 Å². The SMILES string of the molecule is CCN(CC)S(=O)(=O)c1ccc(N(C)C)c(NC(=O)CCC2CCCC2)c1. The van der Waals surface area contributed by atoms with Gasteiger partial charge in [-0.1, -0.05) is 39.5 Å². The maximum atomic E-state index is 12.8. The first-order valence-corrected chi connectivity index (χ1v) is 11.3. The van der Waals surface area contributed by atoms with Crippen LogP contribution in [0.3, 0.4) is 0 Å². The molecule has 0 heterocycles. The van der Waals surface area contributed by atoms with Gasteiger partial charge in [0.15, 0.2) is 0 Å². The monoisotopic (exact) mass is 395 g/mol. The lowest BCUT2D eigenvalue weighted by molar-refractivity contribution is -0.116. The normalized spacial score (nSPS) is 15.3. The quantitative estimate of drug-likeness (QED) is 0.692. The molecule has 0 unspecified atom stereocenters. The van der Waals surface area contributed by atoms with E-state index in [0.717, 1.165) is 12.1 Å². The number of benzene rings is 1. The number of nitrogens with one attached hydrogen (secondary N) is 1. The number of rotatable bonds is 9. The molecule has 1 aromatic rings. The van der Waals surface area contributed by atoms with Crippen LogP contribution in [0.1, 0.15) is 52.4 Å². The molecule has 0 saturated heterocycles. The number of anilines is 2. The Morgan fingerprint density at radius 3 is 2.33 bits per heavy atom.